The number of carbonyl (C=O) groups excluding carboxylic acids is 3. The van der Waals surface area contributed by atoms with E-state index in [1.54, 1.807) is 0 Å². The molecule has 0 heterocycles. The van der Waals surface area contributed by atoms with Crippen LogP contribution in [0.3, 0.4) is 0 Å². The highest BCUT2D eigenvalue weighted by atomic mass is 35.5. The van der Waals surface area contributed by atoms with Gasteiger partial charge < -0.3 is 21.1 Å². The maximum absolute atomic E-state index is 12.9. The predicted octanol–water partition coefficient (Wildman–Crippen LogP) is 2.02. The number of esters is 1. The highest BCUT2D eigenvalue weighted by molar-refractivity contribution is 5.92. The summed E-state index contributed by atoms with van der Waals surface area (Å²) in [5.41, 5.74) is 7.87. The van der Waals surface area contributed by atoms with Gasteiger partial charge >= 0.3 is 5.97 Å². The lowest BCUT2D eigenvalue weighted by Gasteiger charge is -2.26. The van der Waals surface area contributed by atoms with Gasteiger partial charge in [0.05, 0.1) is 13.2 Å². The van der Waals surface area contributed by atoms with E-state index < -0.39 is 35.9 Å². The molecule has 3 atom stereocenters. The molecule has 0 aliphatic rings. The number of benzene rings is 2. The Morgan fingerprint density at radius 1 is 0.844 bits per heavy atom. The van der Waals surface area contributed by atoms with E-state index in [1.165, 1.54) is 7.11 Å². The van der Waals surface area contributed by atoms with E-state index in [0.29, 0.717) is 6.42 Å². The summed E-state index contributed by atoms with van der Waals surface area (Å²) >= 11 is 0. The molecule has 0 radical (unpaired) electrons. The van der Waals surface area contributed by atoms with Gasteiger partial charge in [0.15, 0.2) is 0 Å². The van der Waals surface area contributed by atoms with Gasteiger partial charge in [-0.2, -0.15) is 0 Å². The fraction of sp³-hybridized carbons (Fsp3) is 0.375. The van der Waals surface area contributed by atoms with Crippen LogP contribution >= 0.6 is 12.4 Å². The monoisotopic (exact) mass is 461 g/mol. The maximum atomic E-state index is 12.9. The van der Waals surface area contributed by atoms with E-state index in [4.69, 9.17) is 10.5 Å². The minimum Gasteiger partial charge on any atom is -0.467 e. The van der Waals surface area contributed by atoms with Gasteiger partial charge in [0, 0.05) is 6.42 Å². The zero-order valence-corrected chi connectivity index (χ0v) is 19.4. The standard InChI is InChI=1S/C24H31N3O4.ClH/c1-16(2)21(27-22(28)19(25)14-17-10-6-4-7-11-17)23(29)26-20(24(30)31-3)15-18-12-8-5-9-13-18;/h4-13,16,19-21H,14-15,25H2,1-3H3,(H,26,29)(H,27,28);1H/t19-,20-,21-;/m0./s1. The molecule has 32 heavy (non-hydrogen) atoms. The van der Waals surface area contributed by atoms with E-state index in [2.05, 4.69) is 10.6 Å². The van der Waals surface area contributed by atoms with Gasteiger partial charge in [0.2, 0.25) is 11.8 Å². The Morgan fingerprint density at radius 2 is 1.34 bits per heavy atom. The Morgan fingerprint density at radius 3 is 1.81 bits per heavy atom. The van der Waals surface area contributed by atoms with Gasteiger partial charge in [-0.15, -0.1) is 12.4 Å². The van der Waals surface area contributed by atoms with Gasteiger partial charge in [-0.05, 0) is 23.5 Å². The van der Waals surface area contributed by atoms with Crippen LogP contribution in [-0.2, 0) is 32.0 Å². The van der Waals surface area contributed by atoms with E-state index in [1.807, 2.05) is 74.5 Å². The summed E-state index contributed by atoms with van der Waals surface area (Å²) in [7, 11) is 1.27. The summed E-state index contributed by atoms with van der Waals surface area (Å²) in [6.45, 7) is 3.63. The van der Waals surface area contributed by atoms with Crippen molar-refractivity contribution < 1.29 is 19.1 Å². The minimum absolute atomic E-state index is 0. The quantitative estimate of drug-likeness (QED) is 0.469. The van der Waals surface area contributed by atoms with Crippen molar-refractivity contribution in [2.24, 2.45) is 11.7 Å². The maximum Gasteiger partial charge on any atom is 0.328 e. The molecule has 174 valence electrons. The Hall–Kier alpha value is -2.90. The third-order valence-electron chi connectivity index (χ3n) is 4.97. The van der Waals surface area contributed by atoms with Crippen LogP contribution in [0, 0.1) is 5.92 Å². The smallest absolute Gasteiger partial charge is 0.328 e. The second-order valence-corrected chi connectivity index (χ2v) is 7.80. The molecule has 0 saturated carbocycles. The Balaban J connectivity index is 0.00000512. The van der Waals surface area contributed by atoms with Crippen molar-refractivity contribution in [2.45, 2.75) is 44.8 Å². The number of amides is 2. The van der Waals surface area contributed by atoms with Gasteiger partial charge in [0.25, 0.3) is 0 Å². The zero-order valence-electron chi connectivity index (χ0n) is 18.6. The van der Waals surface area contributed by atoms with Gasteiger partial charge in [-0.3, -0.25) is 9.59 Å². The van der Waals surface area contributed by atoms with Crippen molar-refractivity contribution in [1.82, 2.24) is 10.6 Å². The van der Waals surface area contributed by atoms with Crippen LogP contribution in [0.1, 0.15) is 25.0 Å². The van der Waals surface area contributed by atoms with Gasteiger partial charge in [-0.1, -0.05) is 74.5 Å². The molecule has 0 fully saturated rings. The highest BCUT2D eigenvalue weighted by Crippen LogP contribution is 2.08. The first kappa shape index (κ1) is 27.1. The van der Waals surface area contributed by atoms with Crippen molar-refractivity contribution in [1.29, 1.82) is 0 Å². The number of hydrogen-bond donors (Lipinski definition) is 3. The number of ether oxygens (including phenoxy) is 1. The summed E-state index contributed by atoms with van der Waals surface area (Å²) in [6.07, 6.45) is 0.642. The molecule has 2 amide bonds. The third kappa shape index (κ3) is 8.32. The number of carbonyl (C=O) groups is 3. The topological polar surface area (TPSA) is 111 Å². The molecule has 8 heteroatoms. The van der Waals surface area contributed by atoms with Crippen LogP contribution in [0.15, 0.2) is 60.7 Å². The molecule has 2 rings (SSSR count). The van der Waals surface area contributed by atoms with Crippen LogP contribution in [0.25, 0.3) is 0 Å². The molecule has 0 spiro atoms. The van der Waals surface area contributed by atoms with Crippen LogP contribution in [0.2, 0.25) is 0 Å². The molecule has 2 aromatic carbocycles. The Labute approximate surface area is 195 Å². The van der Waals surface area contributed by atoms with Crippen molar-refractivity contribution in [3.8, 4) is 0 Å². The van der Waals surface area contributed by atoms with Gasteiger partial charge in [-0.25, -0.2) is 4.79 Å². The first-order chi connectivity index (χ1) is 14.8. The van der Waals surface area contributed by atoms with Crippen molar-refractivity contribution in [3.63, 3.8) is 0 Å². The van der Waals surface area contributed by atoms with E-state index >= 15 is 0 Å². The number of halogens is 1. The normalized spacial score (nSPS) is 13.3. The minimum atomic E-state index is -0.865. The molecule has 0 aliphatic heterocycles. The molecule has 0 aliphatic carbocycles. The Bertz CT molecular complexity index is 862. The second kappa shape index (κ2) is 13.5. The summed E-state index contributed by atoms with van der Waals surface area (Å²) in [6, 6.07) is 16.3. The largest absolute Gasteiger partial charge is 0.467 e. The third-order valence-corrected chi connectivity index (χ3v) is 4.97. The first-order valence-electron chi connectivity index (χ1n) is 10.3. The van der Waals surface area contributed by atoms with E-state index in [0.717, 1.165) is 11.1 Å². The SMILES string of the molecule is COC(=O)[C@H](Cc1ccccc1)NC(=O)[C@@H](NC(=O)[C@@H](N)Cc1ccccc1)C(C)C.Cl. The number of rotatable bonds is 10. The van der Waals surface area contributed by atoms with E-state index in [9.17, 15) is 14.4 Å². The lowest BCUT2D eigenvalue weighted by Crippen LogP contribution is -2.57. The fourth-order valence-electron chi connectivity index (χ4n) is 3.20. The molecule has 0 aromatic heterocycles. The zero-order chi connectivity index (χ0) is 22.8. The van der Waals surface area contributed by atoms with Crippen LogP contribution < -0.4 is 16.4 Å². The fourth-order valence-corrected chi connectivity index (χ4v) is 3.20. The Kier molecular flexibility index (Phi) is 11.4. The molecule has 0 bridgehead atoms. The van der Waals surface area contributed by atoms with Crippen LogP contribution in [0.5, 0.6) is 0 Å². The first-order valence-corrected chi connectivity index (χ1v) is 10.3. The molecular formula is C24H32ClN3O4. The molecule has 0 saturated heterocycles. The second-order valence-electron chi connectivity index (χ2n) is 7.80. The summed E-state index contributed by atoms with van der Waals surface area (Å²) in [4.78, 5) is 37.8. The molecular weight excluding hydrogens is 430 g/mol. The number of hydrogen-bond acceptors (Lipinski definition) is 5. The van der Waals surface area contributed by atoms with E-state index in [-0.39, 0.29) is 24.7 Å². The lowest BCUT2D eigenvalue weighted by molar-refractivity contribution is -0.145. The average Bonchev–Trinajstić information content (AvgIpc) is 2.77. The van der Waals surface area contributed by atoms with Gasteiger partial charge in [0.1, 0.15) is 12.1 Å². The molecule has 4 N–H and O–H groups in total. The number of nitrogens with two attached hydrogens (primary N) is 1. The number of methoxy groups -OCH3 is 1. The average molecular weight is 462 g/mol. The van der Waals surface area contributed by atoms with Crippen LogP contribution in [-0.4, -0.2) is 43.0 Å². The number of nitrogens with one attached hydrogen (secondary N) is 2. The molecule has 0 unspecified atom stereocenters. The highest BCUT2D eigenvalue weighted by Gasteiger charge is 2.30. The summed E-state index contributed by atoms with van der Waals surface area (Å²) < 4.78 is 4.85. The summed E-state index contributed by atoms with van der Waals surface area (Å²) in [5, 5.41) is 5.46. The van der Waals surface area contributed by atoms with Crippen molar-refractivity contribution in [3.05, 3.63) is 71.8 Å². The molecule has 7 nitrogen and oxygen atoms in total. The lowest BCUT2D eigenvalue weighted by atomic mass is 10.00. The summed E-state index contributed by atoms with van der Waals surface area (Å²) in [5.74, 6) is -1.63. The predicted molar refractivity (Wildman–Crippen MR) is 126 cm³/mol. The van der Waals surface area contributed by atoms with Crippen molar-refractivity contribution in [2.75, 3.05) is 7.11 Å². The molecule has 2 aromatic rings. The van der Waals surface area contributed by atoms with Crippen molar-refractivity contribution >= 4 is 30.2 Å². The van der Waals surface area contributed by atoms with Crippen LogP contribution in [0.4, 0.5) is 0 Å².